The molecule has 0 unspecified atom stereocenters. The monoisotopic (exact) mass is 285 g/mol. The van der Waals surface area contributed by atoms with Crippen LogP contribution in [0.2, 0.25) is 0 Å². The quantitative estimate of drug-likeness (QED) is 0.871. The molecular formula is C17H19NO3. The molecule has 21 heavy (non-hydrogen) atoms. The zero-order chi connectivity index (χ0) is 15.7. The van der Waals surface area contributed by atoms with Crippen LogP contribution in [0.4, 0.5) is 0 Å². The van der Waals surface area contributed by atoms with Crippen molar-refractivity contribution in [3.8, 4) is 6.07 Å². The maximum absolute atomic E-state index is 10.9. The molecule has 1 aliphatic rings. The summed E-state index contributed by atoms with van der Waals surface area (Å²) in [4.78, 5) is 10.8. The Balaban J connectivity index is 2.25. The number of benzene rings is 1. The number of carboxylic acids is 1. The van der Waals surface area contributed by atoms with Crippen LogP contribution in [0.3, 0.4) is 0 Å². The number of carboxylic acid groups (broad SMARTS) is 1. The van der Waals surface area contributed by atoms with Gasteiger partial charge in [-0.25, -0.2) is 4.79 Å². The van der Waals surface area contributed by atoms with E-state index in [4.69, 9.17) is 5.11 Å². The van der Waals surface area contributed by atoms with E-state index < -0.39 is 17.0 Å². The molecule has 110 valence electrons. The molecule has 0 heterocycles. The predicted octanol–water partition coefficient (Wildman–Crippen LogP) is 3.09. The van der Waals surface area contributed by atoms with Crippen LogP contribution < -0.4 is 0 Å². The first-order valence-electron chi connectivity index (χ1n) is 7.01. The summed E-state index contributed by atoms with van der Waals surface area (Å²) in [5.41, 5.74) is -0.818. The van der Waals surface area contributed by atoms with Crippen LogP contribution in [-0.4, -0.2) is 21.8 Å². The van der Waals surface area contributed by atoms with Gasteiger partial charge < -0.3 is 10.2 Å². The molecule has 4 nitrogen and oxygen atoms in total. The van der Waals surface area contributed by atoms with Crippen LogP contribution >= 0.6 is 0 Å². The van der Waals surface area contributed by atoms with Crippen molar-refractivity contribution in [3.63, 3.8) is 0 Å². The summed E-state index contributed by atoms with van der Waals surface area (Å²) in [6, 6.07) is 8.67. The zero-order valence-electron chi connectivity index (χ0n) is 12.2. The fourth-order valence-corrected chi connectivity index (χ4v) is 2.59. The number of hydrogen-bond acceptors (Lipinski definition) is 3. The Morgan fingerprint density at radius 3 is 2.33 bits per heavy atom. The lowest BCUT2D eigenvalue weighted by Crippen LogP contribution is -2.42. The van der Waals surface area contributed by atoms with Crippen LogP contribution in [0.15, 0.2) is 30.3 Å². The molecule has 0 amide bonds. The Kier molecular flexibility index (Phi) is 3.89. The Bertz CT molecular complexity index is 606. The summed E-state index contributed by atoms with van der Waals surface area (Å²) < 4.78 is 0. The number of hydrogen-bond donors (Lipinski definition) is 2. The summed E-state index contributed by atoms with van der Waals surface area (Å²) in [6.45, 7) is 3.80. The molecule has 0 radical (unpaired) electrons. The number of aromatic carboxylic acids is 1. The van der Waals surface area contributed by atoms with Crippen molar-refractivity contribution < 1.29 is 15.0 Å². The number of rotatable bonds is 5. The van der Waals surface area contributed by atoms with E-state index in [0.717, 1.165) is 5.56 Å². The first-order chi connectivity index (χ1) is 9.84. The molecule has 1 fully saturated rings. The normalized spacial score (nSPS) is 19.2. The maximum Gasteiger partial charge on any atom is 0.335 e. The third-order valence-electron chi connectivity index (χ3n) is 4.30. The lowest BCUT2D eigenvalue weighted by atomic mass is 9.76. The second-order valence-corrected chi connectivity index (χ2v) is 5.93. The van der Waals surface area contributed by atoms with Crippen LogP contribution in [0, 0.1) is 22.7 Å². The van der Waals surface area contributed by atoms with Crippen molar-refractivity contribution in [1.82, 2.24) is 0 Å². The molecule has 1 aliphatic carbocycles. The second kappa shape index (κ2) is 5.34. The van der Waals surface area contributed by atoms with Gasteiger partial charge in [0, 0.05) is 0 Å². The van der Waals surface area contributed by atoms with Crippen molar-refractivity contribution in [3.05, 3.63) is 41.5 Å². The van der Waals surface area contributed by atoms with Crippen molar-refractivity contribution in [2.75, 3.05) is 0 Å². The van der Waals surface area contributed by atoms with E-state index in [9.17, 15) is 15.2 Å². The van der Waals surface area contributed by atoms with Gasteiger partial charge in [0.2, 0.25) is 0 Å². The highest BCUT2D eigenvalue weighted by Gasteiger charge is 2.59. The molecule has 1 atom stereocenters. The average molecular weight is 285 g/mol. The standard InChI is InChI=1S/C17H19NO3/c1-12(2)17(21,16(11-18)9-10-16)8-7-13-3-5-14(6-4-13)15(19)20/h3-8,12,21H,9-10H2,1-2H3,(H,19,20)/b8-7+/t17-/m1/s1. The van der Waals surface area contributed by atoms with Gasteiger partial charge in [-0.15, -0.1) is 0 Å². The minimum absolute atomic E-state index is 0.0748. The fraction of sp³-hybridized carbons (Fsp3) is 0.412. The SMILES string of the molecule is CC(C)[C@](O)(/C=C/c1ccc(C(=O)O)cc1)C1(C#N)CC1. The van der Waals surface area contributed by atoms with Gasteiger partial charge in [0.05, 0.1) is 17.0 Å². The summed E-state index contributed by atoms with van der Waals surface area (Å²) >= 11 is 0. The Labute approximate surface area is 124 Å². The van der Waals surface area contributed by atoms with Gasteiger partial charge in [-0.2, -0.15) is 5.26 Å². The number of carbonyl (C=O) groups is 1. The zero-order valence-corrected chi connectivity index (χ0v) is 12.2. The van der Waals surface area contributed by atoms with Crippen molar-refractivity contribution in [2.24, 2.45) is 11.3 Å². The van der Waals surface area contributed by atoms with Crippen LogP contribution in [-0.2, 0) is 0 Å². The molecular weight excluding hydrogens is 266 g/mol. The summed E-state index contributed by atoms with van der Waals surface area (Å²) in [5.74, 6) is -1.04. The Morgan fingerprint density at radius 2 is 1.95 bits per heavy atom. The third kappa shape index (κ3) is 2.70. The van der Waals surface area contributed by atoms with Crippen LogP contribution in [0.25, 0.3) is 6.08 Å². The molecule has 2 N–H and O–H groups in total. The Hall–Kier alpha value is -2.12. The van der Waals surface area contributed by atoms with E-state index in [0.29, 0.717) is 12.8 Å². The van der Waals surface area contributed by atoms with Crippen molar-refractivity contribution in [2.45, 2.75) is 32.3 Å². The first kappa shape index (κ1) is 15.3. The van der Waals surface area contributed by atoms with Crippen LogP contribution in [0.5, 0.6) is 0 Å². The van der Waals surface area contributed by atoms with Gasteiger partial charge >= 0.3 is 5.97 Å². The first-order valence-corrected chi connectivity index (χ1v) is 7.01. The van der Waals surface area contributed by atoms with Gasteiger partial charge in [-0.1, -0.05) is 38.1 Å². The molecule has 0 aromatic heterocycles. The van der Waals surface area contributed by atoms with Crippen molar-refractivity contribution in [1.29, 1.82) is 5.26 Å². The molecule has 0 saturated heterocycles. The smallest absolute Gasteiger partial charge is 0.335 e. The molecule has 0 bridgehead atoms. The molecule has 2 rings (SSSR count). The molecule has 0 aliphatic heterocycles. The number of nitriles is 1. The summed E-state index contributed by atoms with van der Waals surface area (Å²) in [5, 5.41) is 29.1. The van der Waals surface area contributed by atoms with Gasteiger partial charge in [0.1, 0.15) is 5.60 Å². The highest BCUT2D eigenvalue weighted by atomic mass is 16.4. The highest BCUT2D eigenvalue weighted by molar-refractivity contribution is 5.87. The lowest BCUT2D eigenvalue weighted by molar-refractivity contribution is -0.00417. The average Bonchev–Trinajstić information content (AvgIpc) is 3.26. The van der Waals surface area contributed by atoms with Gasteiger partial charge in [-0.3, -0.25) is 0 Å². The van der Waals surface area contributed by atoms with Gasteiger partial charge in [0.25, 0.3) is 0 Å². The largest absolute Gasteiger partial charge is 0.478 e. The molecule has 4 heteroatoms. The second-order valence-electron chi connectivity index (χ2n) is 5.93. The van der Waals surface area contributed by atoms with E-state index in [1.165, 1.54) is 12.1 Å². The molecule has 1 aromatic rings. The highest BCUT2D eigenvalue weighted by Crippen LogP contribution is 2.56. The van der Waals surface area contributed by atoms with E-state index in [1.54, 1.807) is 24.3 Å². The Morgan fingerprint density at radius 1 is 1.38 bits per heavy atom. The minimum Gasteiger partial charge on any atom is -0.478 e. The molecule has 1 aromatic carbocycles. The molecule has 1 saturated carbocycles. The van der Waals surface area contributed by atoms with Gasteiger partial charge in [-0.05, 0) is 36.5 Å². The lowest BCUT2D eigenvalue weighted by Gasteiger charge is -2.33. The van der Waals surface area contributed by atoms with Gasteiger partial charge in [0.15, 0.2) is 0 Å². The summed E-state index contributed by atoms with van der Waals surface area (Å²) in [6.07, 6.45) is 4.85. The van der Waals surface area contributed by atoms with E-state index in [2.05, 4.69) is 6.07 Å². The third-order valence-corrected chi connectivity index (χ3v) is 4.30. The van der Waals surface area contributed by atoms with E-state index in [-0.39, 0.29) is 11.5 Å². The molecule has 0 spiro atoms. The topological polar surface area (TPSA) is 81.3 Å². The number of aliphatic hydroxyl groups is 1. The van der Waals surface area contributed by atoms with Crippen LogP contribution in [0.1, 0.15) is 42.6 Å². The summed E-state index contributed by atoms with van der Waals surface area (Å²) in [7, 11) is 0. The predicted molar refractivity (Wildman–Crippen MR) is 79.5 cm³/mol. The maximum atomic E-state index is 10.9. The number of nitrogens with zero attached hydrogens (tertiary/aromatic N) is 1. The minimum atomic E-state index is -1.16. The van der Waals surface area contributed by atoms with E-state index >= 15 is 0 Å². The van der Waals surface area contributed by atoms with E-state index in [1.807, 2.05) is 13.8 Å². The fourth-order valence-electron chi connectivity index (χ4n) is 2.59. The van der Waals surface area contributed by atoms with Crippen molar-refractivity contribution >= 4 is 12.0 Å².